The van der Waals surface area contributed by atoms with Crippen LogP contribution in [-0.4, -0.2) is 22.7 Å². The number of carboxylic acids is 1. The van der Waals surface area contributed by atoms with E-state index in [2.05, 4.69) is 10.3 Å². The largest absolute Gasteiger partial charge is 0.491 e. The van der Waals surface area contributed by atoms with Gasteiger partial charge in [0.05, 0.1) is 16.6 Å². The average Bonchev–Trinajstić information content (AvgIpc) is 2.84. The van der Waals surface area contributed by atoms with Crippen LogP contribution in [0, 0.1) is 0 Å². The van der Waals surface area contributed by atoms with Gasteiger partial charge in [0.1, 0.15) is 18.2 Å². The normalized spacial score (nSPS) is 16.4. The highest BCUT2D eigenvalue weighted by Crippen LogP contribution is 2.35. The fraction of sp³-hybridized carbons (Fsp3) is 0.143. The molecule has 102 valence electrons. The summed E-state index contributed by atoms with van der Waals surface area (Å²) < 4.78 is 5.56. The van der Waals surface area contributed by atoms with Crippen molar-refractivity contribution in [2.24, 2.45) is 0 Å². The van der Waals surface area contributed by atoms with Crippen molar-refractivity contribution >= 4 is 23.4 Å². The fourth-order valence-electron chi connectivity index (χ4n) is 2.11. The summed E-state index contributed by atoms with van der Waals surface area (Å²) in [6, 6.07) is 9.05. The molecule has 1 atom stereocenters. The Bertz CT molecular complexity index is 675. The maximum Gasteiger partial charge on any atom is 0.337 e. The summed E-state index contributed by atoms with van der Waals surface area (Å²) in [5.41, 5.74) is 1.09. The van der Waals surface area contributed by atoms with Gasteiger partial charge in [-0.15, -0.1) is 0 Å². The Kier molecular flexibility index (Phi) is 3.20. The molecule has 2 heterocycles. The summed E-state index contributed by atoms with van der Waals surface area (Å²) in [5, 5.41) is 12.3. The minimum Gasteiger partial charge on any atom is -0.491 e. The van der Waals surface area contributed by atoms with Crippen LogP contribution in [-0.2, 0) is 0 Å². The number of fused-ring (bicyclic) bond motifs is 1. The van der Waals surface area contributed by atoms with Gasteiger partial charge in [0, 0.05) is 11.8 Å². The van der Waals surface area contributed by atoms with E-state index in [0.717, 1.165) is 11.3 Å². The highest BCUT2D eigenvalue weighted by atomic mass is 35.5. The van der Waals surface area contributed by atoms with Crippen molar-refractivity contribution < 1.29 is 14.6 Å². The van der Waals surface area contributed by atoms with Crippen molar-refractivity contribution in [3.05, 3.63) is 52.7 Å². The van der Waals surface area contributed by atoms with Crippen molar-refractivity contribution in [3.63, 3.8) is 0 Å². The minimum atomic E-state index is -1.06. The second kappa shape index (κ2) is 5.02. The molecule has 0 fully saturated rings. The number of pyridine rings is 1. The summed E-state index contributed by atoms with van der Waals surface area (Å²) in [7, 11) is 0. The van der Waals surface area contributed by atoms with Crippen LogP contribution in [0.5, 0.6) is 5.75 Å². The number of anilines is 1. The highest BCUT2D eigenvalue weighted by molar-refractivity contribution is 6.33. The summed E-state index contributed by atoms with van der Waals surface area (Å²) >= 11 is 6.05. The molecule has 1 aromatic carbocycles. The van der Waals surface area contributed by atoms with E-state index in [4.69, 9.17) is 21.4 Å². The Labute approximate surface area is 120 Å². The summed E-state index contributed by atoms with van der Waals surface area (Å²) in [5.74, 6) is 0.228. The number of para-hydroxylation sites is 1. The monoisotopic (exact) mass is 290 g/mol. The molecule has 1 aliphatic heterocycles. The zero-order valence-corrected chi connectivity index (χ0v) is 11.1. The predicted molar refractivity (Wildman–Crippen MR) is 74.5 cm³/mol. The van der Waals surface area contributed by atoms with Crippen molar-refractivity contribution in [3.8, 4) is 5.75 Å². The number of rotatable bonds is 3. The van der Waals surface area contributed by atoms with E-state index in [1.807, 2.05) is 24.3 Å². The molecule has 0 radical (unpaired) electrons. The molecule has 1 unspecified atom stereocenters. The Balaban J connectivity index is 1.84. The number of halogens is 1. The molecule has 0 saturated heterocycles. The molecule has 2 aromatic rings. The predicted octanol–water partition coefficient (Wildman–Crippen LogP) is 2.98. The van der Waals surface area contributed by atoms with E-state index in [1.165, 1.54) is 12.3 Å². The fourth-order valence-corrected chi connectivity index (χ4v) is 2.33. The molecule has 0 spiro atoms. The number of hydrogen-bond donors (Lipinski definition) is 2. The minimum absolute atomic E-state index is 0.0492. The van der Waals surface area contributed by atoms with Crippen molar-refractivity contribution in [1.29, 1.82) is 0 Å². The third-order valence-electron chi connectivity index (χ3n) is 3.10. The molecule has 6 heteroatoms. The van der Waals surface area contributed by atoms with E-state index in [-0.39, 0.29) is 16.6 Å². The van der Waals surface area contributed by atoms with Crippen LogP contribution in [0.4, 0.5) is 5.82 Å². The Morgan fingerprint density at radius 2 is 2.25 bits per heavy atom. The van der Waals surface area contributed by atoms with Gasteiger partial charge in [-0.25, -0.2) is 9.78 Å². The quantitative estimate of drug-likeness (QED) is 0.909. The first kappa shape index (κ1) is 12.7. The molecule has 0 aliphatic carbocycles. The topological polar surface area (TPSA) is 71.5 Å². The van der Waals surface area contributed by atoms with Crippen LogP contribution in [0.1, 0.15) is 22.0 Å². The summed E-state index contributed by atoms with van der Waals surface area (Å²) in [6.07, 6.45) is 1.28. The van der Waals surface area contributed by atoms with Crippen LogP contribution < -0.4 is 10.1 Å². The number of nitrogens with zero attached hydrogens (tertiary/aromatic N) is 1. The average molecular weight is 291 g/mol. The molecule has 0 bridgehead atoms. The lowest BCUT2D eigenvalue weighted by molar-refractivity contribution is 0.0696. The summed E-state index contributed by atoms with van der Waals surface area (Å²) in [4.78, 5) is 14.9. The van der Waals surface area contributed by atoms with Crippen LogP contribution in [0.3, 0.4) is 0 Å². The first-order valence-corrected chi connectivity index (χ1v) is 6.40. The van der Waals surface area contributed by atoms with E-state index in [1.54, 1.807) is 0 Å². The molecule has 1 aromatic heterocycles. The number of aromatic nitrogens is 1. The number of hydrogen-bond acceptors (Lipinski definition) is 4. The Morgan fingerprint density at radius 1 is 1.45 bits per heavy atom. The van der Waals surface area contributed by atoms with Gasteiger partial charge < -0.3 is 15.2 Å². The van der Waals surface area contributed by atoms with E-state index < -0.39 is 5.97 Å². The number of carbonyl (C=O) groups is 1. The van der Waals surface area contributed by atoms with Crippen molar-refractivity contribution in [2.45, 2.75) is 6.04 Å². The molecular formula is C14H11ClN2O3. The van der Waals surface area contributed by atoms with Crippen LogP contribution in [0.2, 0.25) is 5.02 Å². The van der Waals surface area contributed by atoms with Gasteiger partial charge in [-0.2, -0.15) is 0 Å². The van der Waals surface area contributed by atoms with Gasteiger partial charge in [-0.3, -0.25) is 0 Å². The molecule has 5 nitrogen and oxygen atoms in total. The lowest BCUT2D eigenvalue weighted by atomic mass is 10.1. The SMILES string of the molecule is O=C(O)c1cnc(NC2COc3ccccc32)c(Cl)c1. The third-order valence-corrected chi connectivity index (χ3v) is 3.39. The second-order valence-electron chi connectivity index (χ2n) is 4.41. The van der Waals surface area contributed by atoms with Gasteiger partial charge in [-0.05, 0) is 12.1 Å². The Morgan fingerprint density at radius 3 is 3.00 bits per heavy atom. The zero-order chi connectivity index (χ0) is 14.1. The smallest absolute Gasteiger partial charge is 0.337 e. The van der Waals surface area contributed by atoms with E-state index in [9.17, 15) is 4.79 Å². The van der Waals surface area contributed by atoms with Gasteiger partial charge in [0.25, 0.3) is 0 Å². The van der Waals surface area contributed by atoms with Crippen LogP contribution >= 0.6 is 11.6 Å². The maximum absolute atomic E-state index is 10.8. The molecule has 2 N–H and O–H groups in total. The van der Waals surface area contributed by atoms with Crippen molar-refractivity contribution in [1.82, 2.24) is 4.98 Å². The number of ether oxygens (including phenoxy) is 1. The number of aromatic carboxylic acids is 1. The van der Waals surface area contributed by atoms with E-state index in [0.29, 0.717) is 12.4 Å². The van der Waals surface area contributed by atoms with Gasteiger partial charge in [0.15, 0.2) is 0 Å². The van der Waals surface area contributed by atoms with Gasteiger partial charge in [0.2, 0.25) is 0 Å². The second-order valence-corrected chi connectivity index (χ2v) is 4.81. The maximum atomic E-state index is 10.8. The molecule has 20 heavy (non-hydrogen) atoms. The number of benzene rings is 1. The third kappa shape index (κ3) is 2.28. The van der Waals surface area contributed by atoms with E-state index >= 15 is 0 Å². The molecule has 3 rings (SSSR count). The number of carboxylic acid groups (broad SMARTS) is 1. The zero-order valence-electron chi connectivity index (χ0n) is 10.3. The lowest BCUT2D eigenvalue weighted by Crippen LogP contribution is -2.13. The molecule has 0 saturated carbocycles. The first-order chi connectivity index (χ1) is 9.65. The molecule has 0 amide bonds. The first-order valence-electron chi connectivity index (χ1n) is 6.02. The van der Waals surface area contributed by atoms with Crippen LogP contribution in [0.25, 0.3) is 0 Å². The number of nitrogens with one attached hydrogen (secondary N) is 1. The van der Waals surface area contributed by atoms with Crippen molar-refractivity contribution in [2.75, 3.05) is 11.9 Å². The lowest BCUT2D eigenvalue weighted by Gasteiger charge is -2.13. The van der Waals surface area contributed by atoms with Crippen LogP contribution in [0.15, 0.2) is 36.5 Å². The molecule has 1 aliphatic rings. The van der Waals surface area contributed by atoms with Gasteiger partial charge >= 0.3 is 5.97 Å². The van der Waals surface area contributed by atoms with Gasteiger partial charge in [-0.1, -0.05) is 29.8 Å². The Hall–Kier alpha value is -2.27. The standard InChI is InChI=1S/C14H11ClN2O3/c15-10-5-8(14(18)19)6-16-13(10)17-11-7-20-12-4-2-1-3-9(11)12/h1-6,11H,7H2,(H,16,17)(H,18,19). The highest BCUT2D eigenvalue weighted by Gasteiger charge is 2.24. The molecular weight excluding hydrogens is 280 g/mol. The summed E-state index contributed by atoms with van der Waals surface area (Å²) in [6.45, 7) is 0.484.